The molecule has 1 aromatic heterocycles. The second-order valence-electron chi connectivity index (χ2n) is 12.0. The third-order valence-electron chi connectivity index (χ3n) is 9.80. The number of aromatic amines is 1. The first-order chi connectivity index (χ1) is 20.9. The third-order valence-corrected chi connectivity index (χ3v) is 12.4. The van der Waals surface area contributed by atoms with Gasteiger partial charge in [-0.2, -0.15) is 0 Å². The maximum Gasteiger partial charge on any atom is 0.305 e. The predicted octanol–water partition coefficient (Wildman–Crippen LogP) is 6.01. The molecule has 9 heteroatoms. The van der Waals surface area contributed by atoms with Crippen LogP contribution in [0.3, 0.4) is 0 Å². The first kappa shape index (κ1) is 26.8. The summed E-state index contributed by atoms with van der Waals surface area (Å²) in [7, 11) is 1.64. The molecule has 4 aliphatic rings. The number of H-pyrrole nitrogens is 1. The summed E-state index contributed by atoms with van der Waals surface area (Å²) < 4.78 is 11.9. The molecule has 2 amide bonds. The van der Waals surface area contributed by atoms with Gasteiger partial charge in [0, 0.05) is 16.0 Å². The van der Waals surface area contributed by atoms with Gasteiger partial charge in [-0.15, -0.1) is 11.8 Å². The molecule has 2 saturated carbocycles. The van der Waals surface area contributed by atoms with Crippen LogP contribution in [0, 0.1) is 36.5 Å². The van der Waals surface area contributed by atoms with Crippen molar-refractivity contribution in [2.75, 3.05) is 12.0 Å². The minimum Gasteiger partial charge on any atom is -0.493 e. The van der Waals surface area contributed by atoms with E-state index in [9.17, 15) is 14.4 Å². The lowest BCUT2D eigenvalue weighted by atomic mass is 9.68. The molecule has 8 rings (SSSR count). The fourth-order valence-corrected chi connectivity index (χ4v) is 11.0. The van der Waals surface area contributed by atoms with Crippen LogP contribution in [0.25, 0.3) is 0 Å². The first-order valence-corrected chi connectivity index (χ1v) is 16.3. The van der Waals surface area contributed by atoms with Crippen molar-refractivity contribution in [1.82, 2.24) is 4.98 Å². The Kier molecular flexibility index (Phi) is 6.31. The second-order valence-corrected chi connectivity index (χ2v) is 14.2. The number of hydrogen-bond acceptors (Lipinski definition) is 7. The van der Waals surface area contributed by atoms with E-state index in [-0.39, 0.29) is 57.4 Å². The summed E-state index contributed by atoms with van der Waals surface area (Å²) in [6, 6.07) is 23.7. The van der Waals surface area contributed by atoms with Crippen molar-refractivity contribution < 1.29 is 19.1 Å². The number of nitrogens with zero attached hydrogens (tertiary/aromatic N) is 1. The molecule has 0 spiro atoms. The van der Waals surface area contributed by atoms with E-state index in [1.54, 1.807) is 18.9 Å². The van der Waals surface area contributed by atoms with E-state index in [0.717, 1.165) is 33.0 Å². The Bertz CT molecular complexity index is 1800. The fraction of sp³-hybridized carbons (Fsp3) is 0.324. The second kappa shape index (κ2) is 10.1. The van der Waals surface area contributed by atoms with Crippen molar-refractivity contribution in [3.05, 3.63) is 104 Å². The number of thioether (sulfide) groups is 1. The van der Waals surface area contributed by atoms with Crippen molar-refractivity contribution in [3.63, 3.8) is 0 Å². The van der Waals surface area contributed by atoms with Gasteiger partial charge < -0.3 is 14.5 Å². The number of fused-ring (bicyclic) bond motifs is 9. The lowest BCUT2D eigenvalue weighted by Crippen LogP contribution is -2.42. The minimum atomic E-state index is -0.337. The number of aryl methyl sites for hydroxylation is 1. The smallest absolute Gasteiger partial charge is 0.305 e. The van der Waals surface area contributed by atoms with Crippen LogP contribution >= 0.6 is 23.1 Å². The van der Waals surface area contributed by atoms with Gasteiger partial charge in [-0.05, 0) is 66.5 Å². The molecule has 1 N–H and O–H groups in total. The van der Waals surface area contributed by atoms with Gasteiger partial charge in [0.1, 0.15) is 6.61 Å². The topological polar surface area (TPSA) is 88.7 Å². The number of carbonyl (C=O) groups excluding carboxylic acids is 2. The van der Waals surface area contributed by atoms with E-state index in [4.69, 9.17) is 9.47 Å². The number of carbonyl (C=O) groups is 2. The van der Waals surface area contributed by atoms with Crippen LogP contribution in [-0.2, 0) is 16.2 Å². The predicted molar refractivity (Wildman–Crippen MR) is 166 cm³/mol. The van der Waals surface area contributed by atoms with Gasteiger partial charge in [0.25, 0.3) is 0 Å². The summed E-state index contributed by atoms with van der Waals surface area (Å²) in [5.41, 5.74) is 3.84. The molecule has 6 unspecified atom stereocenters. The SMILES string of the molecule is COc1cc([C@H]2c3sc(=O)[nH]c3SC3C4CC(C5C(=O)N(c6ccc(C)cc6)C(=O)C45)C32)ccc1OCc1ccccc1. The summed E-state index contributed by atoms with van der Waals surface area (Å²) in [5, 5.41) is 1.02. The normalized spacial score (nSPS) is 28.5. The summed E-state index contributed by atoms with van der Waals surface area (Å²) in [4.78, 5) is 45.9. The minimum absolute atomic E-state index is 0.0507. The molecule has 3 heterocycles. The van der Waals surface area contributed by atoms with Crippen LogP contribution in [0.4, 0.5) is 5.69 Å². The number of rotatable bonds is 6. The highest BCUT2D eigenvalue weighted by Gasteiger charge is 2.69. The van der Waals surface area contributed by atoms with Crippen LogP contribution in [0.1, 0.15) is 33.9 Å². The number of methoxy groups -OCH3 is 1. The Morgan fingerprint density at radius 1 is 0.907 bits per heavy atom. The monoisotopic (exact) mass is 610 g/mol. The quantitative estimate of drug-likeness (QED) is 0.269. The van der Waals surface area contributed by atoms with Crippen molar-refractivity contribution >= 4 is 40.6 Å². The molecule has 2 bridgehead atoms. The standard InChI is InChI=1S/C34H30N2O5S2/c1-17-8-11-20(12-9-17)36-32(37)27-21-15-22(28(27)33(36)38)29-26(21)25(30-31(42-29)35-34(39)43-30)19-10-13-23(24(14-19)40-2)41-16-18-6-4-3-5-7-18/h3-14,21-22,25-29H,15-16H2,1-2H3,(H,35,39)/t21?,22?,25-,26?,27?,28?,29?/m1/s1. The van der Waals surface area contributed by atoms with Gasteiger partial charge in [-0.25, -0.2) is 0 Å². The maximum atomic E-state index is 14.0. The van der Waals surface area contributed by atoms with Crippen molar-refractivity contribution in [3.8, 4) is 11.5 Å². The van der Waals surface area contributed by atoms with E-state index < -0.39 is 0 Å². The molecule has 1 saturated heterocycles. The van der Waals surface area contributed by atoms with Gasteiger partial charge in [-0.1, -0.05) is 65.4 Å². The van der Waals surface area contributed by atoms with Gasteiger partial charge in [0.2, 0.25) is 11.8 Å². The third kappa shape index (κ3) is 4.12. The molecular formula is C34H30N2O5S2. The average Bonchev–Trinajstić information content (AvgIpc) is 3.76. The van der Waals surface area contributed by atoms with Crippen LogP contribution in [-0.4, -0.2) is 29.2 Å². The molecule has 218 valence electrons. The van der Waals surface area contributed by atoms with Crippen molar-refractivity contribution in [1.29, 1.82) is 0 Å². The fourth-order valence-electron chi connectivity index (χ4n) is 8.07. The Balaban J connectivity index is 1.16. The summed E-state index contributed by atoms with van der Waals surface area (Å²) in [6.07, 6.45) is 0.849. The molecule has 7 nitrogen and oxygen atoms in total. The zero-order valence-electron chi connectivity index (χ0n) is 23.7. The Morgan fingerprint density at radius 3 is 2.40 bits per heavy atom. The molecular weight excluding hydrogens is 581 g/mol. The molecule has 7 atom stereocenters. The summed E-state index contributed by atoms with van der Waals surface area (Å²) in [6.45, 7) is 2.42. The Hall–Kier alpha value is -3.82. The molecule has 2 aliphatic carbocycles. The highest BCUT2D eigenvalue weighted by atomic mass is 32.2. The van der Waals surface area contributed by atoms with Crippen LogP contribution in [0.5, 0.6) is 11.5 Å². The lowest BCUT2D eigenvalue weighted by Gasteiger charge is -2.43. The van der Waals surface area contributed by atoms with Crippen molar-refractivity contribution in [2.45, 2.75) is 36.1 Å². The van der Waals surface area contributed by atoms with Gasteiger partial charge in [-0.3, -0.25) is 19.3 Å². The molecule has 3 fully saturated rings. The van der Waals surface area contributed by atoms with Crippen LogP contribution < -0.4 is 19.2 Å². The number of aromatic nitrogens is 1. The first-order valence-electron chi connectivity index (χ1n) is 14.6. The number of thiazole rings is 1. The summed E-state index contributed by atoms with van der Waals surface area (Å²) in [5.74, 6) is 0.626. The number of ether oxygens (including phenoxy) is 2. The molecule has 0 radical (unpaired) electrons. The molecule has 43 heavy (non-hydrogen) atoms. The summed E-state index contributed by atoms with van der Waals surface area (Å²) >= 11 is 2.95. The van der Waals surface area contributed by atoms with Crippen LogP contribution in [0.2, 0.25) is 0 Å². The highest BCUT2D eigenvalue weighted by Crippen LogP contribution is 2.68. The Labute approximate surface area is 257 Å². The number of hydrogen-bond donors (Lipinski definition) is 1. The lowest BCUT2D eigenvalue weighted by molar-refractivity contribution is -0.123. The number of nitrogens with one attached hydrogen (secondary N) is 1. The van der Waals surface area contributed by atoms with Gasteiger partial charge in [0.05, 0.1) is 29.7 Å². The number of benzene rings is 3. The largest absolute Gasteiger partial charge is 0.493 e. The average molecular weight is 611 g/mol. The molecule has 2 aliphatic heterocycles. The van der Waals surface area contributed by atoms with E-state index >= 15 is 0 Å². The maximum absolute atomic E-state index is 14.0. The van der Waals surface area contributed by atoms with E-state index in [1.165, 1.54) is 16.2 Å². The number of anilines is 1. The molecule has 3 aromatic carbocycles. The van der Waals surface area contributed by atoms with E-state index in [0.29, 0.717) is 23.8 Å². The zero-order chi connectivity index (χ0) is 29.4. The highest BCUT2D eigenvalue weighted by molar-refractivity contribution is 8.00. The van der Waals surface area contributed by atoms with E-state index in [2.05, 4.69) is 11.1 Å². The van der Waals surface area contributed by atoms with E-state index in [1.807, 2.05) is 73.7 Å². The van der Waals surface area contributed by atoms with Gasteiger partial charge >= 0.3 is 4.87 Å². The van der Waals surface area contributed by atoms with Crippen LogP contribution in [0.15, 0.2) is 82.6 Å². The number of imide groups is 1. The zero-order valence-corrected chi connectivity index (χ0v) is 25.3. The van der Waals surface area contributed by atoms with Crippen molar-refractivity contribution in [2.24, 2.45) is 29.6 Å². The van der Waals surface area contributed by atoms with Gasteiger partial charge in [0.15, 0.2) is 11.5 Å². The number of amides is 2. The Morgan fingerprint density at radius 2 is 1.65 bits per heavy atom. The molecule has 4 aromatic rings.